The Bertz CT molecular complexity index is 482. The third-order valence-corrected chi connectivity index (χ3v) is 5.27. The zero-order chi connectivity index (χ0) is 15.8. The van der Waals surface area contributed by atoms with Crippen molar-refractivity contribution in [2.75, 3.05) is 33.9 Å². The van der Waals surface area contributed by atoms with Gasteiger partial charge in [-0.1, -0.05) is 6.42 Å². The van der Waals surface area contributed by atoms with Gasteiger partial charge < -0.3 is 15.4 Å². The van der Waals surface area contributed by atoms with Gasteiger partial charge >= 0.3 is 0 Å². The highest BCUT2D eigenvalue weighted by Crippen LogP contribution is 2.43. The summed E-state index contributed by atoms with van der Waals surface area (Å²) in [4.78, 5) is 8.79. The summed E-state index contributed by atoms with van der Waals surface area (Å²) in [5.41, 5.74) is 1.56. The minimum atomic E-state index is 0.402. The summed E-state index contributed by atoms with van der Waals surface area (Å²) in [5.74, 6) is 0.885. The smallest absolute Gasteiger partial charge is 0.191 e. The maximum Gasteiger partial charge on any atom is 0.191 e. The number of hydrogen-bond donors (Lipinski definition) is 2. The van der Waals surface area contributed by atoms with E-state index in [4.69, 9.17) is 4.74 Å². The molecule has 2 rings (SSSR count). The molecule has 22 heavy (non-hydrogen) atoms. The average molecular weight is 324 g/mol. The zero-order valence-corrected chi connectivity index (χ0v) is 14.8. The molecule has 0 spiro atoms. The topological polar surface area (TPSA) is 58.5 Å². The molecule has 1 aliphatic rings. The molecule has 0 aliphatic heterocycles. The first-order valence-electron chi connectivity index (χ1n) is 8.02. The van der Waals surface area contributed by atoms with Crippen LogP contribution in [0.4, 0.5) is 0 Å². The molecule has 2 N–H and O–H groups in total. The Morgan fingerprint density at radius 1 is 1.45 bits per heavy atom. The number of rotatable bonds is 8. The van der Waals surface area contributed by atoms with Crippen molar-refractivity contribution in [2.24, 2.45) is 10.4 Å². The highest BCUT2D eigenvalue weighted by molar-refractivity contribution is 7.09. The summed E-state index contributed by atoms with van der Waals surface area (Å²) in [6, 6.07) is 0. The minimum absolute atomic E-state index is 0.402. The predicted molar refractivity (Wildman–Crippen MR) is 92.7 cm³/mol. The van der Waals surface area contributed by atoms with Gasteiger partial charge in [0.05, 0.1) is 10.7 Å². The van der Waals surface area contributed by atoms with Crippen LogP contribution in [0.2, 0.25) is 0 Å². The molecule has 0 bridgehead atoms. The molecule has 1 aliphatic carbocycles. The lowest BCUT2D eigenvalue weighted by Gasteiger charge is -2.42. The van der Waals surface area contributed by atoms with E-state index in [-0.39, 0.29) is 0 Å². The molecular formula is C16H28N4OS. The van der Waals surface area contributed by atoms with E-state index in [2.05, 4.69) is 26.0 Å². The number of aliphatic imine (C=N–C) groups is 1. The van der Waals surface area contributed by atoms with E-state index < -0.39 is 0 Å². The quantitative estimate of drug-likeness (QED) is 0.569. The van der Waals surface area contributed by atoms with Crippen LogP contribution in [0.25, 0.3) is 0 Å². The first-order chi connectivity index (χ1) is 10.7. The lowest BCUT2D eigenvalue weighted by Crippen LogP contribution is -2.47. The maximum absolute atomic E-state index is 5.24. The van der Waals surface area contributed by atoms with Gasteiger partial charge in [-0.05, 0) is 31.6 Å². The van der Waals surface area contributed by atoms with Crippen molar-refractivity contribution in [3.8, 4) is 0 Å². The van der Waals surface area contributed by atoms with Crippen LogP contribution in [-0.2, 0) is 11.2 Å². The Kier molecular flexibility index (Phi) is 6.64. The second-order valence-corrected chi connectivity index (χ2v) is 7.12. The minimum Gasteiger partial charge on any atom is -0.385 e. The first kappa shape index (κ1) is 17.2. The number of ether oxygens (including phenoxy) is 1. The predicted octanol–water partition coefficient (Wildman–Crippen LogP) is 2.37. The Morgan fingerprint density at radius 2 is 2.27 bits per heavy atom. The van der Waals surface area contributed by atoms with Crippen LogP contribution in [-0.4, -0.2) is 44.8 Å². The molecule has 0 atom stereocenters. The van der Waals surface area contributed by atoms with E-state index in [0.29, 0.717) is 5.41 Å². The molecule has 124 valence electrons. The summed E-state index contributed by atoms with van der Waals surface area (Å²) in [6.07, 6.45) is 5.98. The van der Waals surface area contributed by atoms with Crippen LogP contribution in [0.15, 0.2) is 10.4 Å². The van der Waals surface area contributed by atoms with Crippen molar-refractivity contribution in [3.63, 3.8) is 0 Å². The third-order valence-electron chi connectivity index (χ3n) is 4.45. The number of guanidine groups is 1. The fourth-order valence-electron chi connectivity index (χ4n) is 2.83. The summed E-state index contributed by atoms with van der Waals surface area (Å²) in [5, 5.41) is 10.1. The molecule has 0 unspecified atom stereocenters. The van der Waals surface area contributed by atoms with Crippen LogP contribution in [0, 0.1) is 12.3 Å². The number of thiazole rings is 1. The van der Waals surface area contributed by atoms with E-state index in [9.17, 15) is 0 Å². The molecular weight excluding hydrogens is 296 g/mol. The van der Waals surface area contributed by atoms with E-state index in [0.717, 1.165) is 49.2 Å². The molecule has 0 aromatic carbocycles. The summed E-state index contributed by atoms with van der Waals surface area (Å²) in [6.45, 7) is 4.72. The molecule has 1 saturated carbocycles. The Balaban J connectivity index is 1.70. The van der Waals surface area contributed by atoms with Gasteiger partial charge in [0.1, 0.15) is 0 Å². The first-order valence-corrected chi connectivity index (χ1v) is 8.90. The lowest BCUT2D eigenvalue weighted by molar-refractivity contribution is 0.0732. The van der Waals surface area contributed by atoms with Crippen molar-refractivity contribution in [1.29, 1.82) is 0 Å². The fourth-order valence-corrected chi connectivity index (χ4v) is 3.48. The second kappa shape index (κ2) is 8.48. The van der Waals surface area contributed by atoms with Gasteiger partial charge in [-0.25, -0.2) is 4.98 Å². The van der Waals surface area contributed by atoms with E-state index in [1.54, 1.807) is 18.4 Å². The van der Waals surface area contributed by atoms with Gasteiger partial charge in [0.25, 0.3) is 0 Å². The van der Waals surface area contributed by atoms with Gasteiger partial charge in [0.15, 0.2) is 5.96 Å². The van der Waals surface area contributed by atoms with Crippen molar-refractivity contribution in [2.45, 2.75) is 39.0 Å². The molecule has 0 radical (unpaired) electrons. The second-order valence-electron chi connectivity index (χ2n) is 6.06. The number of aromatic nitrogens is 1. The molecule has 1 fully saturated rings. The normalized spacial score (nSPS) is 17.1. The fraction of sp³-hybridized carbons (Fsp3) is 0.750. The molecule has 6 heteroatoms. The van der Waals surface area contributed by atoms with Gasteiger partial charge in [-0.15, -0.1) is 11.3 Å². The van der Waals surface area contributed by atoms with Crippen LogP contribution >= 0.6 is 11.3 Å². The monoisotopic (exact) mass is 324 g/mol. The van der Waals surface area contributed by atoms with Crippen molar-refractivity contribution >= 4 is 17.3 Å². The number of hydrogen-bond acceptors (Lipinski definition) is 4. The van der Waals surface area contributed by atoms with E-state index >= 15 is 0 Å². The van der Waals surface area contributed by atoms with Crippen LogP contribution < -0.4 is 10.6 Å². The summed E-state index contributed by atoms with van der Waals surface area (Å²) >= 11 is 1.70. The Morgan fingerprint density at radius 3 is 2.82 bits per heavy atom. The van der Waals surface area contributed by atoms with Crippen molar-refractivity contribution in [1.82, 2.24) is 15.6 Å². The van der Waals surface area contributed by atoms with Crippen LogP contribution in [0.5, 0.6) is 0 Å². The SMILES string of the molecule is CN=C(NCCc1csc(C)n1)NCC1(CCOC)CCC1. The Labute approximate surface area is 137 Å². The highest BCUT2D eigenvalue weighted by Gasteiger charge is 2.36. The molecule has 5 nitrogen and oxygen atoms in total. The number of nitrogens with zero attached hydrogens (tertiary/aromatic N) is 2. The van der Waals surface area contributed by atoms with Crippen molar-refractivity contribution in [3.05, 3.63) is 16.1 Å². The molecule has 1 aromatic heterocycles. The summed E-state index contributed by atoms with van der Waals surface area (Å²) < 4.78 is 5.24. The molecule has 1 aromatic rings. The molecule has 0 saturated heterocycles. The number of aryl methyl sites for hydroxylation is 1. The van der Waals surface area contributed by atoms with E-state index in [1.165, 1.54) is 19.3 Å². The zero-order valence-electron chi connectivity index (χ0n) is 13.9. The van der Waals surface area contributed by atoms with Crippen molar-refractivity contribution < 1.29 is 4.74 Å². The average Bonchev–Trinajstić information content (AvgIpc) is 2.89. The number of methoxy groups -OCH3 is 1. The Hall–Kier alpha value is -1.14. The molecule has 1 heterocycles. The standard InChI is InChI=1S/C16H28N4OS/c1-13-20-14(11-22-13)5-9-18-15(17-2)19-12-16(6-4-7-16)8-10-21-3/h11H,4-10,12H2,1-3H3,(H2,17,18,19). The van der Waals surface area contributed by atoms with Crippen LogP contribution in [0.3, 0.4) is 0 Å². The lowest BCUT2D eigenvalue weighted by atomic mass is 9.67. The van der Waals surface area contributed by atoms with E-state index in [1.807, 2.05) is 14.0 Å². The van der Waals surface area contributed by atoms with Gasteiger partial charge in [0.2, 0.25) is 0 Å². The maximum atomic E-state index is 5.24. The van der Waals surface area contributed by atoms with Gasteiger partial charge in [0, 0.05) is 45.7 Å². The largest absolute Gasteiger partial charge is 0.385 e. The number of nitrogens with one attached hydrogen (secondary N) is 2. The summed E-state index contributed by atoms with van der Waals surface area (Å²) in [7, 11) is 3.60. The third kappa shape index (κ3) is 4.95. The van der Waals surface area contributed by atoms with Gasteiger partial charge in [-0.3, -0.25) is 4.99 Å². The highest BCUT2D eigenvalue weighted by atomic mass is 32.1. The van der Waals surface area contributed by atoms with Crippen LogP contribution in [0.1, 0.15) is 36.4 Å². The molecule has 0 amide bonds. The van der Waals surface area contributed by atoms with Gasteiger partial charge in [-0.2, -0.15) is 0 Å².